The number of anilines is 2. The topological polar surface area (TPSA) is 70.2 Å². The summed E-state index contributed by atoms with van der Waals surface area (Å²) in [5.74, 6) is -0.0877. The molecule has 0 saturated carbocycles. The van der Waals surface area contributed by atoms with Gasteiger partial charge < -0.3 is 16.0 Å². The third-order valence-electron chi connectivity index (χ3n) is 3.87. The second-order valence-corrected chi connectivity index (χ2v) is 6.76. The zero-order chi connectivity index (χ0) is 19.3. The number of aryl methyl sites for hydroxylation is 1. The van der Waals surface area contributed by atoms with E-state index in [2.05, 4.69) is 16.0 Å². The molecule has 2 aromatic rings. The lowest BCUT2D eigenvalue weighted by Gasteiger charge is -2.17. The first-order chi connectivity index (χ1) is 12.3. The van der Waals surface area contributed by atoms with Crippen molar-refractivity contribution in [2.45, 2.75) is 33.2 Å². The van der Waals surface area contributed by atoms with E-state index < -0.39 is 0 Å². The van der Waals surface area contributed by atoms with Gasteiger partial charge in [-0.05, 0) is 49.2 Å². The fourth-order valence-electron chi connectivity index (χ4n) is 2.37. The molecule has 0 heterocycles. The predicted octanol–water partition coefficient (Wildman–Crippen LogP) is 5.53. The predicted molar refractivity (Wildman–Crippen MR) is 107 cm³/mol. The van der Waals surface area contributed by atoms with Crippen LogP contribution in [0.1, 0.15) is 37.4 Å². The Balaban J connectivity index is 2.07. The van der Waals surface area contributed by atoms with Crippen molar-refractivity contribution in [1.29, 1.82) is 0 Å². The molecule has 0 aliphatic carbocycles. The average molecular weight is 394 g/mol. The quantitative estimate of drug-likeness (QED) is 0.624. The maximum atomic E-state index is 12.3. The zero-order valence-electron chi connectivity index (χ0n) is 14.8. The number of nitrogens with one attached hydrogen (secondary N) is 3. The maximum absolute atomic E-state index is 12.3. The van der Waals surface area contributed by atoms with E-state index in [9.17, 15) is 9.59 Å². The number of amides is 3. The summed E-state index contributed by atoms with van der Waals surface area (Å²) < 4.78 is 0. The number of rotatable bonds is 5. The normalized spacial score (nSPS) is 11.6. The average Bonchev–Trinajstić information content (AvgIpc) is 2.57. The van der Waals surface area contributed by atoms with E-state index in [0.29, 0.717) is 27.8 Å². The third-order valence-corrected chi connectivity index (χ3v) is 4.43. The van der Waals surface area contributed by atoms with E-state index in [1.807, 2.05) is 19.9 Å². The van der Waals surface area contributed by atoms with Gasteiger partial charge in [0.25, 0.3) is 0 Å². The van der Waals surface area contributed by atoms with Gasteiger partial charge >= 0.3 is 6.03 Å². The number of hydrogen-bond donors (Lipinski definition) is 3. The molecule has 5 nitrogen and oxygen atoms in total. The Hall–Kier alpha value is -2.24. The van der Waals surface area contributed by atoms with Crippen molar-refractivity contribution in [2.24, 2.45) is 0 Å². The van der Waals surface area contributed by atoms with Gasteiger partial charge in [-0.25, -0.2) is 4.79 Å². The lowest BCUT2D eigenvalue weighted by molar-refractivity contribution is -0.115. The van der Waals surface area contributed by atoms with Crippen molar-refractivity contribution >= 4 is 46.5 Å². The monoisotopic (exact) mass is 393 g/mol. The second kappa shape index (κ2) is 8.92. The first kappa shape index (κ1) is 20.1. The Morgan fingerprint density at radius 3 is 2.46 bits per heavy atom. The summed E-state index contributed by atoms with van der Waals surface area (Å²) in [4.78, 5) is 23.9. The molecule has 0 aliphatic rings. The molecule has 0 spiro atoms. The zero-order valence-corrected chi connectivity index (χ0v) is 16.3. The highest BCUT2D eigenvalue weighted by molar-refractivity contribution is 6.35. The van der Waals surface area contributed by atoms with Crippen LogP contribution in [0.2, 0.25) is 10.0 Å². The number of benzene rings is 2. The smallest absolute Gasteiger partial charge is 0.319 e. The lowest BCUT2D eigenvalue weighted by Crippen LogP contribution is -2.31. The van der Waals surface area contributed by atoms with Gasteiger partial charge in [-0.2, -0.15) is 0 Å². The van der Waals surface area contributed by atoms with E-state index in [1.54, 1.807) is 37.3 Å². The largest absolute Gasteiger partial charge is 0.331 e. The van der Waals surface area contributed by atoms with Crippen LogP contribution in [0.25, 0.3) is 0 Å². The highest BCUT2D eigenvalue weighted by Crippen LogP contribution is 2.26. The number of carbonyl (C=O) groups is 2. The van der Waals surface area contributed by atoms with Crippen molar-refractivity contribution in [3.8, 4) is 0 Å². The molecule has 2 aromatic carbocycles. The number of halogens is 2. The van der Waals surface area contributed by atoms with E-state index in [0.717, 1.165) is 11.1 Å². The molecule has 0 aliphatic heterocycles. The molecule has 138 valence electrons. The minimum absolute atomic E-state index is 0.0877. The van der Waals surface area contributed by atoms with Gasteiger partial charge in [0.15, 0.2) is 0 Å². The molecule has 0 aromatic heterocycles. The molecule has 0 radical (unpaired) electrons. The fraction of sp³-hybridized carbons (Fsp3) is 0.263. The lowest BCUT2D eigenvalue weighted by atomic mass is 10.1. The summed E-state index contributed by atoms with van der Waals surface area (Å²) in [6.45, 7) is 5.49. The molecule has 7 heteroatoms. The molecule has 1 atom stereocenters. The van der Waals surface area contributed by atoms with Gasteiger partial charge in [-0.15, -0.1) is 0 Å². The summed E-state index contributed by atoms with van der Waals surface area (Å²) in [6.07, 6.45) is 0.385. The molecule has 2 rings (SSSR count). The highest BCUT2D eigenvalue weighted by Gasteiger charge is 2.14. The molecular formula is C19H21Cl2N3O2. The van der Waals surface area contributed by atoms with Gasteiger partial charge in [0.05, 0.1) is 6.04 Å². The third kappa shape index (κ3) is 5.38. The van der Waals surface area contributed by atoms with Crippen LogP contribution < -0.4 is 16.0 Å². The first-order valence-corrected chi connectivity index (χ1v) is 8.98. The standard InChI is InChI=1S/C19H21Cl2N3O2/c1-4-18(25)23-14-7-5-11(2)17(10-14)24-19(26)22-12(3)15-8-6-13(20)9-16(15)21/h5-10,12H,4H2,1-3H3,(H,23,25)(H2,22,24,26). The van der Waals surface area contributed by atoms with Gasteiger partial charge in [0.2, 0.25) is 5.91 Å². The highest BCUT2D eigenvalue weighted by atomic mass is 35.5. The molecular weight excluding hydrogens is 373 g/mol. The van der Waals surface area contributed by atoms with E-state index >= 15 is 0 Å². The summed E-state index contributed by atoms with van der Waals surface area (Å²) in [5.41, 5.74) is 2.90. The summed E-state index contributed by atoms with van der Waals surface area (Å²) >= 11 is 12.1. The van der Waals surface area contributed by atoms with Crippen molar-refractivity contribution in [3.05, 3.63) is 57.6 Å². The van der Waals surface area contributed by atoms with E-state index in [-0.39, 0.29) is 18.0 Å². The van der Waals surface area contributed by atoms with Gasteiger partial charge in [-0.3, -0.25) is 4.79 Å². The van der Waals surface area contributed by atoms with Gasteiger partial charge in [-0.1, -0.05) is 42.3 Å². The Morgan fingerprint density at radius 2 is 1.81 bits per heavy atom. The Bertz CT molecular complexity index is 824. The van der Waals surface area contributed by atoms with Crippen LogP contribution in [-0.2, 0) is 4.79 Å². The molecule has 3 N–H and O–H groups in total. The van der Waals surface area contributed by atoms with Crippen LogP contribution in [0.5, 0.6) is 0 Å². The van der Waals surface area contributed by atoms with Crippen molar-refractivity contribution < 1.29 is 9.59 Å². The Labute approximate surface area is 163 Å². The number of urea groups is 1. The molecule has 3 amide bonds. The van der Waals surface area contributed by atoms with Crippen molar-refractivity contribution in [3.63, 3.8) is 0 Å². The fourth-order valence-corrected chi connectivity index (χ4v) is 2.94. The van der Waals surface area contributed by atoms with Gasteiger partial charge in [0.1, 0.15) is 0 Å². The summed E-state index contributed by atoms with van der Waals surface area (Å²) in [6, 6.07) is 9.82. The van der Waals surface area contributed by atoms with Crippen LogP contribution in [0, 0.1) is 6.92 Å². The van der Waals surface area contributed by atoms with Crippen LogP contribution in [-0.4, -0.2) is 11.9 Å². The number of hydrogen-bond acceptors (Lipinski definition) is 2. The Kier molecular flexibility index (Phi) is 6.89. The molecule has 0 fully saturated rings. The van der Waals surface area contributed by atoms with Gasteiger partial charge in [0, 0.05) is 27.8 Å². The second-order valence-electron chi connectivity index (χ2n) is 5.92. The number of carbonyl (C=O) groups excluding carboxylic acids is 2. The van der Waals surface area contributed by atoms with Crippen LogP contribution in [0.3, 0.4) is 0 Å². The summed E-state index contributed by atoms with van der Waals surface area (Å²) in [5, 5.41) is 9.44. The molecule has 0 bridgehead atoms. The van der Waals surface area contributed by atoms with E-state index in [4.69, 9.17) is 23.2 Å². The molecule has 1 unspecified atom stereocenters. The first-order valence-electron chi connectivity index (χ1n) is 8.23. The van der Waals surface area contributed by atoms with Crippen molar-refractivity contribution in [1.82, 2.24) is 5.32 Å². The van der Waals surface area contributed by atoms with E-state index in [1.165, 1.54) is 0 Å². The van der Waals surface area contributed by atoms with Crippen LogP contribution in [0.4, 0.5) is 16.2 Å². The van der Waals surface area contributed by atoms with Crippen LogP contribution in [0.15, 0.2) is 36.4 Å². The van der Waals surface area contributed by atoms with Crippen LogP contribution >= 0.6 is 23.2 Å². The summed E-state index contributed by atoms with van der Waals surface area (Å²) in [7, 11) is 0. The molecule has 0 saturated heterocycles. The molecule has 26 heavy (non-hydrogen) atoms. The maximum Gasteiger partial charge on any atom is 0.319 e. The minimum atomic E-state index is -0.370. The SMILES string of the molecule is CCC(=O)Nc1ccc(C)c(NC(=O)NC(C)c2ccc(Cl)cc2Cl)c1. The Morgan fingerprint density at radius 1 is 1.08 bits per heavy atom. The van der Waals surface area contributed by atoms with Crippen molar-refractivity contribution in [2.75, 3.05) is 10.6 Å². The minimum Gasteiger partial charge on any atom is -0.331 e.